The number of carbonyl (C=O) groups excluding carboxylic acids is 5. The Morgan fingerprint density at radius 2 is 1.69 bits per heavy atom. The molecule has 0 aromatic carbocycles. The summed E-state index contributed by atoms with van der Waals surface area (Å²) in [6.45, 7) is 10.4. The van der Waals surface area contributed by atoms with Crippen molar-refractivity contribution in [3.63, 3.8) is 0 Å². The van der Waals surface area contributed by atoms with E-state index in [0.717, 1.165) is 18.4 Å². The van der Waals surface area contributed by atoms with Gasteiger partial charge in [0.05, 0.1) is 12.5 Å². The van der Waals surface area contributed by atoms with Gasteiger partial charge >= 0.3 is 11.9 Å². The van der Waals surface area contributed by atoms with Crippen LogP contribution in [0.25, 0.3) is 0 Å². The lowest BCUT2D eigenvalue weighted by atomic mass is 9.45. The molecule has 9 atom stereocenters. The average molecular weight is 675 g/mol. The highest BCUT2D eigenvalue weighted by Gasteiger charge is 2.68. The summed E-state index contributed by atoms with van der Waals surface area (Å²) in [7, 11) is 0. The first-order valence-electron chi connectivity index (χ1n) is 17.5. The van der Waals surface area contributed by atoms with Crippen LogP contribution in [0.4, 0.5) is 0 Å². The average Bonchev–Trinajstić information content (AvgIpc) is 3.27. The molecule has 4 rings (SSSR count). The fraction of sp³-hybridized carbons (Fsp3) is 0.778. The fourth-order valence-electron chi connectivity index (χ4n) is 9.44. The van der Waals surface area contributed by atoms with Crippen molar-refractivity contribution >= 4 is 35.3 Å². The number of rotatable bonds is 13. The molecule has 3 fully saturated rings. The first kappa shape index (κ1) is 37.7. The molecule has 4 aliphatic carbocycles. The third-order valence-corrected chi connectivity index (χ3v) is 12.0. The molecule has 2 amide bonds. The Morgan fingerprint density at radius 3 is 2.31 bits per heavy atom. The van der Waals surface area contributed by atoms with E-state index in [1.807, 2.05) is 20.8 Å². The maximum Gasteiger partial charge on any atom is 0.326 e. The number of amides is 2. The molecule has 4 aliphatic rings. The number of aliphatic hydroxyl groups excluding tert-OH is 1. The summed E-state index contributed by atoms with van der Waals surface area (Å²) in [5.41, 5.74) is -1.90. The number of aliphatic carboxylic acids is 1. The minimum Gasteiger partial charge on any atom is -0.480 e. The number of carboxylic acid groups (broad SMARTS) is 1. The molecule has 0 radical (unpaired) electrons. The quantitative estimate of drug-likeness (QED) is 0.181. The summed E-state index contributed by atoms with van der Waals surface area (Å²) >= 11 is 0. The third-order valence-electron chi connectivity index (χ3n) is 12.0. The Kier molecular flexibility index (Phi) is 11.3. The Morgan fingerprint density at radius 1 is 1.00 bits per heavy atom. The highest BCUT2D eigenvalue weighted by molar-refractivity contribution is 5.93. The number of carboxylic acids is 1. The first-order chi connectivity index (χ1) is 22.3. The lowest BCUT2D eigenvalue weighted by Crippen LogP contribution is -2.62. The zero-order chi connectivity index (χ0) is 35.8. The molecular weight excluding hydrogens is 620 g/mol. The van der Waals surface area contributed by atoms with E-state index < -0.39 is 65.3 Å². The molecule has 0 aliphatic heterocycles. The standard InChI is InChI=1S/C36H54N2O10/c1-19(2)15-25(33(45)46)37-32(44)31(20(3)4)38-28(42)9-10-29(43)48-18-27(41)36(47)14-12-24-23-8-7-21-16-22(39)11-13-34(21,5)30(23)26(40)17-35(24,36)6/h16,19-20,23-26,30-31,40,47H,7-15,17-18H2,1-6H3,(H,37,44)(H,38,42)(H,45,46)/t23-,24-,25-,26+,30+,31+,34-,35-,36-/m0/s1. The van der Waals surface area contributed by atoms with Gasteiger partial charge < -0.3 is 30.7 Å². The van der Waals surface area contributed by atoms with Crippen LogP contribution >= 0.6 is 0 Å². The maximum atomic E-state index is 13.5. The highest BCUT2D eigenvalue weighted by atomic mass is 16.5. The molecule has 12 nitrogen and oxygen atoms in total. The molecule has 48 heavy (non-hydrogen) atoms. The zero-order valence-electron chi connectivity index (χ0n) is 29.2. The van der Waals surface area contributed by atoms with Crippen molar-refractivity contribution in [2.45, 2.75) is 130 Å². The smallest absolute Gasteiger partial charge is 0.326 e. The van der Waals surface area contributed by atoms with E-state index in [2.05, 4.69) is 17.6 Å². The van der Waals surface area contributed by atoms with Crippen molar-refractivity contribution in [3.8, 4) is 0 Å². The third kappa shape index (κ3) is 7.25. The zero-order valence-corrected chi connectivity index (χ0v) is 29.2. The summed E-state index contributed by atoms with van der Waals surface area (Å²) in [6.07, 6.45) is 4.21. The molecule has 0 spiro atoms. The normalized spacial score (nSPS) is 33.9. The molecule has 0 heterocycles. The Hall–Kier alpha value is -3.12. The van der Waals surface area contributed by atoms with E-state index >= 15 is 0 Å². The van der Waals surface area contributed by atoms with Gasteiger partial charge in [-0.15, -0.1) is 0 Å². The molecule has 0 bridgehead atoms. The number of fused-ring (bicyclic) bond motifs is 5. The van der Waals surface area contributed by atoms with Crippen LogP contribution in [-0.2, 0) is 33.5 Å². The number of hydrogen-bond acceptors (Lipinski definition) is 9. The van der Waals surface area contributed by atoms with Gasteiger partial charge in [0.1, 0.15) is 17.7 Å². The van der Waals surface area contributed by atoms with Gasteiger partial charge in [-0.3, -0.25) is 24.0 Å². The summed E-state index contributed by atoms with van der Waals surface area (Å²) in [5, 5.41) is 38.0. The molecular formula is C36H54N2O10. The van der Waals surface area contributed by atoms with Gasteiger partial charge in [0.2, 0.25) is 17.6 Å². The summed E-state index contributed by atoms with van der Waals surface area (Å²) in [6, 6.07) is -2.12. The number of esters is 1. The first-order valence-corrected chi connectivity index (χ1v) is 17.5. The minimum atomic E-state index is -1.79. The van der Waals surface area contributed by atoms with Crippen molar-refractivity contribution in [1.29, 1.82) is 0 Å². The minimum absolute atomic E-state index is 0.0162. The van der Waals surface area contributed by atoms with E-state index in [-0.39, 0.29) is 72.9 Å². The molecule has 0 saturated heterocycles. The van der Waals surface area contributed by atoms with Gasteiger partial charge in [-0.1, -0.05) is 47.1 Å². The van der Waals surface area contributed by atoms with Crippen LogP contribution in [0.5, 0.6) is 0 Å². The van der Waals surface area contributed by atoms with E-state index in [4.69, 9.17) is 4.74 Å². The van der Waals surface area contributed by atoms with E-state index in [9.17, 15) is 44.1 Å². The van der Waals surface area contributed by atoms with Gasteiger partial charge in [-0.05, 0) is 86.0 Å². The predicted octanol–water partition coefficient (Wildman–Crippen LogP) is 2.87. The summed E-state index contributed by atoms with van der Waals surface area (Å²) < 4.78 is 5.23. The number of nitrogens with one attached hydrogen (secondary N) is 2. The number of ether oxygens (including phenoxy) is 1. The summed E-state index contributed by atoms with van der Waals surface area (Å²) in [5.74, 6) is -4.07. The van der Waals surface area contributed by atoms with Crippen LogP contribution in [0.1, 0.15) is 106 Å². The van der Waals surface area contributed by atoms with Crippen molar-refractivity contribution in [3.05, 3.63) is 11.6 Å². The number of ketones is 2. The lowest BCUT2D eigenvalue weighted by Gasteiger charge is -2.60. The topological polar surface area (TPSA) is 196 Å². The second kappa shape index (κ2) is 14.4. The van der Waals surface area contributed by atoms with Crippen LogP contribution < -0.4 is 10.6 Å². The molecule has 3 saturated carbocycles. The summed E-state index contributed by atoms with van der Waals surface area (Å²) in [4.78, 5) is 75.4. The van der Waals surface area contributed by atoms with Crippen LogP contribution in [0.2, 0.25) is 0 Å². The van der Waals surface area contributed by atoms with Gasteiger partial charge in [0, 0.05) is 18.3 Å². The van der Waals surface area contributed by atoms with Crippen LogP contribution in [0.3, 0.4) is 0 Å². The Balaban J connectivity index is 1.32. The van der Waals surface area contributed by atoms with E-state index in [0.29, 0.717) is 19.3 Å². The number of allylic oxidation sites excluding steroid dienone is 1. The van der Waals surface area contributed by atoms with Crippen LogP contribution in [0.15, 0.2) is 11.6 Å². The van der Waals surface area contributed by atoms with Crippen molar-refractivity contribution in [1.82, 2.24) is 10.6 Å². The van der Waals surface area contributed by atoms with Gasteiger partial charge in [-0.2, -0.15) is 0 Å². The van der Waals surface area contributed by atoms with Crippen molar-refractivity contribution in [2.75, 3.05) is 6.61 Å². The predicted molar refractivity (Wildman–Crippen MR) is 174 cm³/mol. The number of Topliss-reactive ketones (excluding diaryl/α,β-unsaturated/α-hetero) is 1. The Bertz CT molecular complexity index is 1340. The van der Waals surface area contributed by atoms with Gasteiger partial charge in [0.15, 0.2) is 12.4 Å². The molecule has 12 heteroatoms. The second-order valence-corrected chi connectivity index (χ2v) is 15.9. The fourth-order valence-corrected chi connectivity index (χ4v) is 9.44. The lowest BCUT2D eigenvalue weighted by molar-refractivity contribution is -0.184. The molecule has 0 aromatic rings. The Labute approximate surface area is 282 Å². The molecule has 0 unspecified atom stereocenters. The van der Waals surface area contributed by atoms with Crippen LogP contribution in [0, 0.1) is 40.4 Å². The maximum absolute atomic E-state index is 13.5. The molecule has 5 N–H and O–H groups in total. The van der Waals surface area contributed by atoms with Crippen molar-refractivity contribution in [2.24, 2.45) is 40.4 Å². The van der Waals surface area contributed by atoms with E-state index in [1.165, 1.54) is 0 Å². The largest absolute Gasteiger partial charge is 0.480 e. The van der Waals surface area contributed by atoms with Gasteiger partial charge in [-0.25, -0.2) is 4.79 Å². The SMILES string of the molecule is CC(C)C[C@H](NC(=O)[C@H](NC(=O)CCC(=O)OCC(=O)[C@@]1(O)CC[C@H]2[C@@H]3CCC4=CC(=O)CC[C@]4(C)[C@H]3[C@H](O)C[C@@]21C)C(C)C)C(=O)O. The monoisotopic (exact) mass is 674 g/mol. The van der Waals surface area contributed by atoms with Crippen LogP contribution in [-0.4, -0.2) is 81.0 Å². The second-order valence-electron chi connectivity index (χ2n) is 15.9. The molecule has 0 aromatic heterocycles. The molecule has 268 valence electrons. The van der Waals surface area contributed by atoms with E-state index in [1.54, 1.807) is 19.9 Å². The number of hydrogen-bond donors (Lipinski definition) is 5. The van der Waals surface area contributed by atoms with Gasteiger partial charge in [0.25, 0.3) is 0 Å². The number of carbonyl (C=O) groups is 6. The highest BCUT2D eigenvalue weighted by Crippen LogP contribution is 2.67. The van der Waals surface area contributed by atoms with Crippen molar-refractivity contribution < 1.29 is 48.8 Å². The number of aliphatic hydroxyl groups is 2.